The lowest BCUT2D eigenvalue weighted by molar-refractivity contribution is -0.124. The lowest BCUT2D eigenvalue weighted by Crippen LogP contribution is -2.43. The van der Waals surface area contributed by atoms with Gasteiger partial charge < -0.3 is 25.2 Å². The highest BCUT2D eigenvalue weighted by molar-refractivity contribution is 9.10. The van der Waals surface area contributed by atoms with Crippen LogP contribution in [0.25, 0.3) is 0 Å². The molecule has 7 nitrogen and oxygen atoms in total. The van der Waals surface area contributed by atoms with E-state index in [1.165, 1.54) is 19.2 Å². The number of carboxylic acid groups (broad SMARTS) is 1. The first-order chi connectivity index (χ1) is 14.0. The Labute approximate surface area is 188 Å². The Morgan fingerprint density at radius 1 is 1.17 bits per heavy atom. The molecular formula is C21H24BrClN2O5. The molecule has 30 heavy (non-hydrogen) atoms. The van der Waals surface area contributed by atoms with Gasteiger partial charge in [-0.15, -0.1) is 0 Å². The smallest absolute Gasteiger partial charge is 0.337 e. The summed E-state index contributed by atoms with van der Waals surface area (Å²) in [6.45, 7) is 5.93. The second kappa shape index (κ2) is 10.0. The molecule has 0 fully saturated rings. The van der Waals surface area contributed by atoms with Crippen molar-refractivity contribution in [3.8, 4) is 11.5 Å². The topological polar surface area (TPSA) is 96.9 Å². The van der Waals surface area contributed by atoms with Crippen molar-refractivity contribution in [1.82, 2.24) is 5.32 Å². The Balaban J connectivity index is 2.11. The molecule has 3 N–H and O–H groups in total. The zero-order valence-corrected chi connectivity index (χ0v) is 19.5. The highest BCUT2D eigenvalue weighted by Crippen LogP contribution is 2.34. The minimum absolute atomic E-state index is 0.0237. The monoisotopic (exact) mass is 498 g/mol. The second-order valence-electron chi connectivity index (χ2n) is 7.53. The number of halogens is 2. The van der Waals surface area contributed by atoms with Crippen molar-refractivity contribution in [3.05, 3.63) is 51.0 Å². The van der Waals surface area contributed by atoms with Gasteiger partial charge in [0.2, 0.25) is 0 Å². The van der Waals surface area contributed by atoms with Crippen LogP contribution in [0.2, 0.25) is 5.02 Å². The van der Waals surface area contributed by atoms with E-state index < -0.39 is 5.97 Å². The van der Waals surface area contributed by atoms with Crippen LogP contribution in [0.15, 0.2) is 34.8 Å². The third-order valence-electron chi connectivity index (χ3n) is 3.89. The SMILES string of the molecule is COc1cc(CNc2ccc(Cl)c(C(=O)O)c2)c(Br)cc1OCC(=O)NC(C)(C)C. The Morgan fingerprint density at radius 3 is 2.47 bits per heavy atom. The van der Waals surface area contributed by atoms with Gasteiger partial charge in [-0.25, -0.2) is 4.79 Å². The standard InChI is InChI=1S/C21H24BrClN2O5/c1-21(2,3)25-19(26)11-30-18-9-15(22)12(7-17(18)29-4)10-24-13-5-6-16(23)14(8-13)20(27)28/h5-9,24H,10-11H2,1-4H3,(H,25,26)(H,27,28). The van der Waals surface area contributed by atoms with Crippen LogP contribution in [-0.4, -0.2) is 36.2 Å². The molecule has 0 saturated carbocycles. The van der Waals surface area contributed by atoms with Gasteiger partial charge >= 0.3 is 5.97 Å². The Kier molecular flexibility index (Phi) is 7.97. The molecule has 0 unspecified atom stereocenters. The Bertz CT molecular complexity index is 944. The number of anilines is 1. The van der Waals surface area contributed by atoms with Gasteiger partial charge in [0, 0.05) is 22.2 Å². The number of carbonyl (C=O) groups excluding carboxylic acids is 1. The summed E-state index contributed by atoms with van der Waals surface area (Å²) in [6, 6.07) is 8.21. The molecule has 0 heterocycles. The largest absolute Gasteiger partial charge is 0.493 e. The number of ether oxygens (including phenoxy) is 2. The van der Waals surface area contributed by atoms with Crippen molar-refractivity contribution in [1.29, 1.82) is 0 Å². The first-order valence-corrected chi connectivity index (χ1v) is 10.2. The van der Waals surface area contributed by atoms with E-state index in [0.717, 1.165) is 10.0 Å². The van der Waals surface area contributed by atoms with Crippen molar-refractivity contribution in [2.75, 3.05) is 19.0 Å². The van der Waals surface area contributed by atoms with Crippen molar-refractivity contribution >= 4 is 45.1 Å². The summed E-state index contributed by atoms with van der Waals surface area (Å²) in [7, 11) is 1.51. The fraction of sp³-hybridized carbons (Fsp3) is 0.333. The van der Waals surface area contributed by atoms with Crippen LogP contribution < -0.4 is 20.1 Å². The molecule has 0 bridgehead atoms. The van der Waals surface area contributed by atoms with Gasteiger partial charge in [0.25, 0.3) is 5.91 Å². The van der Waals surface area contributed by atoms with E-state index in [-0.39, 0.29) is 28.6 Å². The van der Waals surface area contributed by atoms with Gasteiger partial charge in [0.1, 0.15) is 0 Å². The first kappa shape index (κ1) is 23.8. The number of rotatable bonds is 8. The first-order valence-electron chi connectivity index (χ1n) is 9.07. The molecule has 0 aliphatic heterocycles. The minimum Gasteiger partial charge on any atom is -0.493 e. The second-order valence-corrected chi connectivity index (χ2v) is 8.80. The molecule has 2 rings (SSSR count). The Morgan fingerprint density at radius 2 is 1.87 bits per heavy atom. The van der Waals surface area contributed by atoms with Gasteiger partial charge in [-0.2, -0.15) is 0 Å². The molecule has 0 aromatic heterocycles. The van der Waals surface area contributed by atoms with Gasteiger partial charge in [-0.3, -0.25) is 4.79 Å². The summed E-state index contributed by atoms with van der Waals surface area (Å²) in [6.07, 6.45) is 0. The highest BCUT2D eigenvalue weighted by Gasteiger charge is 2.16. The molecule has 2 aromatic carbocycles. The zero-order chi connectivity index (χ0) is 22.5. The number of amides is 1. The Hall–Kier alpha value is -2.45. The van der Waals surface area contributed by atoms with Crippen molar-refractivity contribution < 1.29 is 24.2 Å². The summed E-state index contributed by atoms with van der Waals surface area (Å²) in [5.74, 6) is -0.426. The molecule has 0 aliphatic rings. The molecule has 2 aromatic rings. The average molecular weight is 500 g/mol. The number of aromatic carboxylic acids is 1. The lowest BCUT2D eigenvalue weighted by atomic mass is 10.1. The van der Waals surface area contributed by atoms with E-state index in [1.54, 1.807) is 18.2 Å². The summed E-state index contributed by atoms with van der Waals surface area (Å²) in [5, 5.41) is 15.4. The van der Waals surface area contributed by atoms with E-state index in [9.17, 15) is 14.7 Å². The van der Waals surface area contributed by atoms with Gasteiger partial charge in [-0.05, 0) is 56.7 Å². The van der Waals surface area contributed by atoms with Gasteiger partial charge in [0.05, 0.1) is 17.7 Å². The van der Waals surface area contributed by atoms with Gasteiger partial charge in [0.15, 0.2) is 18.1 Å². The van der Waals surface area contributed by atoms with Crippen LogP contribution >= 0.6 is 27.5 Å². The number of hydrogen-bond acceptors (Lipinski definition) is 5. The van der Waals surface area contributed by atoms with Crippen LogP contribution in [0, 0.1) is 0 Å². The van der Waals surface area contributed by atoms with Crippen molar-refractivity contribution in [3.63, 3.8) is 0 Å². The normalized spacial score (nSPS) is 11.0. The maximum absolute atomic E-state index is 12.0. The third-order valence-corrected chi connectivity index (χ3v) is 4.95. The fourth-order valence-corrected chi connectivity index (χ4v) is 3.24. The summed E-state index contributed by atoms with van der Waals surface area (Å²) in [5.41, 5.74) is 1.14. The van der Waals surface area contributed by atoms with Crippen LogP contribution in [0.5, 0.6) is 11.5 Å². The van der Waals surface area contributed by atoms with Crippen LogP contribution in [-0.2, 0) is 11.3 Å². The summed E-state index contributed by atoms with van der Waals surface area (Å²) >= 11 is 9.40. The van der Waals surface area contributed by atoms with Crippen molar-refractivity contribution in [2.24, 2.45) is 0 Å². The molecule has 0 atom stereocenters. The van der Waals surface area contributed by atoms with Crippen molar-refractivity contribution in [2.45, 2.75) is 32.9 Å². The molecular weight excluding hydrogens is 476 g/mol. The van der Waals surface area contributed by atoms with E-state index in [1.807, 2.05) is 20.8 Å². The number of hydrogen-bond donors (Lipinski definition) is 3. The molecule has 0 spiro atoms. The number of carboxylic acids is 1. The predicted octanol–water partition coefficient (Wildman–Crippen LogP) is 4.71. The molecule has 0 aliphatic carbocycles. The number of benzene rings is 2. The fourth-order valence-electron chi connectivity index (χ4n) is 2.58. The number of nitrogens with one attached hydrogen (secondary N) is 2. The van der Waals surface area contributed by atoms with Crippen LogP contribution in [0.3, 0.4) is 0 Å². The van der Waals surface area contributed by atoms with Gasteiger partial charge in [-0.1, -0.05) is 27.5 Å². The van der Waals surface area contributed by atoms with Crippen LogP contribution in [0.1, 0.15) is 36.7 Å². The summed E-state index contributed by atoms with van der Waals surface area (Å²) < 4.78 is 11.8. The number of carbonyl (C=O) groups is 2. The quantitative estimate of drug-likeness (QED) is 0.486. The highest BCUT2D eigenvalue weighted by atomic mass is 79.9. The predicted molar refractivity (Wildman–Crippen MR) is 120 cm³/mol. The molecule has 1 amide bonds. The third kappa shape index (κ3) is 6.81. The zero-order valence-electron chi connectivity index (χ0n) is 17.1. The van der Waals surface area contributed by atoms with Crippen LogP contribution in [0.4, 0.5) is 5.69 Å². The maximum Gasteiger partial charge on any atom is 0.337 e. The van der Waals surface area contributed by atoms with E-state index in [4.69, 9.17) is 21.1 Å². The summed E-state index contributed by atoms with van der Waals surface area (Å²) in [4.78, 5) is 23.2. The maximum atomic E-state index is 12.0. The van der Waals surface area contributed by atoms with E-state index in [0.29, 0.717) is 23.7 Å². The molecule has 9 heteroatoms. The minimum atomic E-state index is -1.09. The van der Waals surface area contributed by atoms with E-state index >= 15 is 0 Å². The molecule has 0 saturated heterocycles. The molecule has 0 radical (unpaired) electrons. The average Bonchev–Trinajstić information content (AvgIpc) is 2.65. The lowest BCUT2D eigenvalue weighted by Gasteiger charge is -2.21. The number of methoxy groups -OCH3 is 1. The molecule has 162 valence electrons. The van der Waals surface area contributed by atoms with E-state index in [2.05, 4.69) is 26.6 Å².